The summed E-state index contributed by atoms with van der Waals surface area (Å²) in [5, 5.41) is 23.6. The molecule has 2 aromatic heterocycles. The van der Waals surface area contributed by atoms with Crippen molar-refractivity contribution in [3.63, 3.8) is 0 Å². The number of aromatic nitrogens is 4. The van der Waals surface area contributed by atoms with E-state index in [0.717, 1.165) is 10.8 Å². The Morgan fingerprint density at radius 3 is 2.72 bits per heavy atom. The first kappa shape index (κ1) is 20.8. The molecule has 2 bridgehead atoms. The van der Waals surface area contributed by atoms with E-state index in [9.17, 15) is 13.9 Å². The lowest BCUT2D eigenvalue weighted by Crippen LogP contribution is -2.61. The number of methoxy groups -OCH3 is 1. The Morgan fingerprint density at radius 2 is 2.00 bits per heavy atom. The fourth-order valence-corrected chi connectivity index (χ4v) is 5.17. The first-order valence-electron chi connectivity index (χ1n) is 10.3. The van der Waals surface area contributed by atoms with E-state index in [0.29, 0.717) is 22.7 Å². The van der Waals surface area contributed by atoms with E-state index in [1.165, 1.54) is 20.2 Å². The van der Waals surface area contributed by atoms with Gasteiger partial charge in [0.2, 0.25) is 0 Å². The molecule has 0 aliphatic carbocycles. The lowest BCUT2D eigenvalue weighted by atomic mass is 9.81. The third-order valence-electron chi connectivity index (χ3n) is 6.59. The van der Waals surface area contributed by atoms with Gasteiger partial charge in [0.25, 0.3) is 5.92 Å². The maximum absolute atomic E-state index is 14.7. The molecule has 2 saturated heterocycles. The molecule has 166 valence electrons. The van der Waals surface area contributed by atoms with Crippen LogP contribution in [-0.4, -0.2) is 55.5 Å². The van der Waals surface area contributed by atoms with Crippen LogP contribution >= 0.6 is 0 Å². The van der Waals surface area contributed by atoms with Crippen LogP contribution in [0.15, 0.2) is 42.4 Å². The van der Waals surface area contributed by atoms with Crippen molar-refractivity contribution in [3.05, 3.63) is 48.2 Å². The zero-order valence-electron chi connectivity index (χ0n) is 17.9. The first-order chi connectivity index (χ1) is 15.1. The van der Waals surface area contributed by atoms with Crippen molar-refractivity contribution in [1.29, 1.82) is 0 Å². The van der Waals surface area contributed by atoms with Gasteiger partial charge in [-0.05, 0) is 55.5 Å². The molecule has 0 saturated carbocycles. The van der Waals surface area contributed by atoms with Gasteiger partial charge in [-0.15, -0.1) is 10.2 Å². The highest BCUT2D eigenvalue weighted by molar-refractivity contribution is 5.89. The molecular formula is C23H23F2N5O2. The summed E-state index contributed by atoms with van der Waals surface area (Å²) < 4.78 is 35.1. The minimum absolute atomic E-state index is 0.0464. The number of phenolic OH excluding ortho intramolecular Hbond substituents is 1. The predicted octanol–water partition coefficient (Wildman–Crippen LogP) is 3.74. The molecule has 3 atom stereocenters. The summed E-state index contributed by atoms with van der Waals surface area (Å²) in [4.78, 5) is 8.41. The second-order valence-electron chi connectivity index (χ2n) is 9.06. The lowest BCUT2D eigenvalue weighted by molar-refractivity contribution is -0.0524. The zero-order chi connectivity index (χ0) is 22.7. The highest BCUT2D eigenvalue weighted by Gasteiger charge is 2.67. The molecule has 9 heteroatoms. The molecular weight excluding hydrogens is 416 g/mol. The van der Waals surface area contributed by atoms with Crippen molar-refractivity contribution in [2.75, 3.05) is 7.11 Å². The number of nitrogens with zero attached hydrogens (tertiary/aromatic N) is 4. The molecule has 4 heterocycles. The molecule has 0 spiro atoms. The molecule has 0 radical (unpaired) electrons. The number of ether oxygens (including phenoxy) is 1. The number of hydrogen-bond acceptors (Lipinski definition) is 7. The number of pyridine rings is 1. The van der Waals surface area contributed by atoms with Crippen LogP contribution in [0.25, 0.3) is 28.1 Å². The van der Waals surface area contributed by atoms with E-state index >= 15 is 0 Å². The smallest absolute Gasteiger partial charge is 0.267 e. The maximum Gasteiger partial charge on any atom is 0.267 e. The number of phenols is 1. The SMILES string of the molecule is CO[C@@H]1/C(=C\c2ncc(-c3cc4ccncc4cc3O)nn2)C[C@@]2(C)N[C@]1(C)CC2(F)F. The summed E-state index contributed by atoms with van der Waals surface area (Å²) in [6.45, 7) is 3.30. The van der Waals surface area contributed by atoms with Gasteiger partial charge in [-0.3, -0.25) is 10.3 Å². The largest absolute Gasteiger partial charge is 0.507 e. The molecule has 0 amide bonds. The second-order valence-corrected chi connectivity index (χ2v) is 9.06. The summed E-state index contributed by atoms with van der Waals surface area (Å²) in [5.74, 6) is -2.52. The van der Waals surface area contributed by atoms with Gasteiger partial charge in [0.1, 0.15) is 11.4 Å². The Kier molecular flexibility index (Phi) is 4.55. The van der Waals surface area contributed by atoms with E-state index in [4.69, 9.17) is 4.74 Å². The third kappa shape index (κ3) is 3.15. The number of hydrogen-bond donors (Lipinski definition) is 2. The van der Waals surface area contributed by atoms with Crippen molar-refractivity contribution in [2.24, 2.45) is 0 Å². The van der Waals surface area contributed by atoms with Gasteiger partial charge in [0.05, 0.1) is 23.4 Å². The number of halogens is 2. The van der Waals surface area contributed by atoms with Crippen LogP contribution in [0.4, 0.5) is 8.78 Å². The monoisotopic (exact) mass is 439 g/mol. The minimum Gasteiger partial charge on any atom is -0.507 e. The summed E-state index contributed by atoms with van der Waals surface area (Å²) in [5.41, 5.74) is -0.651. The summed E-state index contributed by atoms with van der Waals surface area (Å²) >= 11 is 0. The molecule has 2 aliphatic heterocycles. The van der Waals surface area contributed by atoms with E-state index in [-0.39, 0.29) is 18.6 Å². The number of benzene rings is 1. The summed E-state index contributed by atoms with van der Waals surface area (Å²) in [6, 6.07) is 5.25. The average Bonchev–Trinajstić information content (AvgIpc) is 2.88. The molecule has 1 aromatic carbocycles. The molecule has 3 aromatic rings. The van der Waals surface area contributed by atoms with Crippen LogP contribution in [-0.2, 0) is 4.74 Å². The second kappa shape index (κ2) is 6.98. The lowest BCUT2D eigenvalue weighted by Gasteiger charge is -2.43. The van der Waals surface area contributed by atoms with Crippen LogP contribution in [0.3, 0.4) is 0 Å². The van der Waals surface area contributed by atoms with Gasteiger partial charge in [0.15, 0.2) is 5.82 Å². The topological polar surface area (TPSA) is 93.1 Å². The standard InChI is InChI=1S/C23H23F2N5O2/c1-21-12-23(24,25)22(2,30-21)9-14(20(21)32-3)8-19-27-11-17(28-29-19)16-6-13-4-5-26-10-15(13)7-18(16)31/h4-8,10-11,20,30-31H,9,12H2,1-3H3/b14-8-/t20-,21-,22-/m1/s1. The highest BCUT2D eigenvalue weighted by Crippen LogP contribution is 2.53. The number of nitrogens with one attached hydrogen (secondary N) is 1. The number of rotatable bonds is 3. The van der Waals surface area contributed by atoms with Gasteiger partial charge < -0.3 is 9.84 Å². The van der Waals surface area contributed by atoms with Gasteiger partial charge in [0, 0.05) is 36.9 Å². The Balaban J connectivity index is 1.49. The molecule has 32 heavy (non-hydrogen) atoms. The maximum atomic E-state index is 14.7. The number of alkyl halides is 2. The van der Waals surface area contributed by atoms with Crippen molar-refractivity contribution in [1.82, 2.24) is 25.5 Å². The third-order valence-corrected chi connectivity index (χ3v) is 6.59. The molecule has 7 nitrogen and oxygen atoms in total. The van der Waals surface area contributed by atoms with Gasteiger partial charge in [-0.2, -0.15) is 0 Å². The summed E-state index contributed by atoms with van der Waals surface area (Å²) in [7, 11) is 1.52. The number of piperidine rings is 1. The van der Waals surface area contributed by atoms with Crippen molar-refractivity contribution >= 4 is 16.8 Å². The molecule has 2 aliphatic rings. The van der Waals surface area contributed by atoms with Crippen LogP contribution in [0.5, 0.6) is 5.75 Å². The minimum atomic E-state index is -2.86. The predicted molar refractivity (Wildman–Crippen MR) is 115 cm³/mol. The van der Waals surface area contributed by atoms with Crippen LogP contribution in [0, 0.1) is 0 Å². The molecule has 0 unspecified atom stereocenters. The molecule has 5 rings (SSSR count). The van der Waals surface area contributed by atoms with Gasteiger partial charge in [-0.1, -0.05) is 0 Å². The average molecular weight is 439 g/mol. The Labute approximate surface area is 183 Å². The van der Waals surface area contributed by atoms with Crippen LogP contribution < -0.4 is 5.32 Å². The van der Waals surface area contributed by atoms with E-state index in [1.807, 2.05) is 6.07 Å². The Bertz CT molecular complexity index is 1230. The zero-order valence-corrected chi connectivity index (χ0v) is 17.9. The van der Waals surface area contributed by atoms with Crippen molar-refractivity contribution < 1.29 is 18.6 Å². The van der Waals surface area contributed by atoms with E-state index < -0.39 is 23.1 Å². The quantitative estimate of drug-likeness (QED) is 0.642. The Morgan fingerprint density at radius 1 is 1.19 bits per heavy atom. The normalized spacial score (nSPS) is 30.2. The van der Waals surface area contributed by atoms with Gasteiger partial charge in [-0.25, -0.2) is 13.8 Å². The highest BCUT2D eigenvalue weighted by atomic mass is 19.3. The van der Waals surface area contributed by atoms with Gasteiger partial charge >= 0.3 is 0 Å². The van der Waals surface area contributed by atoms with E-state index in [2.05, 4.69) is 25.5 Å². The fourth-order valence-electron chi connectivity index (χ4n) is 5.17. The first-order valence-corrected chi connectivity index (χ1v) is 10.3. The fraction of sp³-hybridized carbons (Fsp3) is 0.391. The van der Waals surface area contributed by atoms with Crippen LogP contribution in [0.2, 0.25) is 0 Å². The number of fused-ring (bicyclic) bond motifs is 3. The molecule has 2 N–H and O–H groups in total. The van der Waals surface area contributed by atoms with E-state index in [1.54, 1.807) is 37.5 Å². The molecule has 2 fully saturated rings. The van der Waals surface area contributed by atoms with Crippen molar-refractivity contribution in [3.8, 4) is 17.0 Å². The summed E-state index contributed by atoms with van der Waals surface area (Å²) in [6.07, 6.45) is 5.80. The number of aromatic hydroxyl groups is 1. The van der Waals surface area contributed by atoms with Crippen molar-refractivity contribution in [2.45, 2.75) is 49.8 Å². The van der Waals surface area contributed by atoms with Crippen LogP contribution in [0.1, 0.15) is 32.5 Å². The Hall–Kier alpha value is -3.04.